The first-order valence-electron chi connectivity index (χ1n) is 11.4. The lowest BCUT2D eigenvalue weighted by molar-refractivity contribution is -0.139. The summed E-state index contributed by atoms with van der Waals surface area (Å²) in [5.41, 5.74) is 5.51. The predicted molar refractivity (Wildman–Crippen MR) is 136 cm³/mol. The predicted octanol–water partition coefficient (Wildman–Crippen LogP) is 3.07. The van der Waals surface area contributed by atoms with E-state index in [1.807, 2.05) is 13.8 Å². The fourth-order valence-electron chi connectivity index (χ4n) is 2.97. The number of aromatic nitrogens is 1. The van der Waals surface area contributed by atoms with Gasteiger partial charge in [0.2, 0.25) is 0 Å². The zero-order chi connectivity index (χ0) is 26.9. The van der Waals surface area contributed by atoms with E-state index < -0.39 is 35.7 Å². The van der Waals surface area contributed by atoms with E-state index in [1.165, 1.54) is 0 Å². The molecule has 0 aliphatic heterocycles. The quantitative estimate of drug-likeness (QED) is 0.101. The van der Waals surface area contributed by atoms with Crippen LogP contribution in [0, 0.1) is 18.3 Å². The largest absolute Gasteiger partial charge is 0.480 e. The molecule has 7 N–H and O–H groups in total. The number of rotatable bonds is 13. The molecule has 196 valence electrons. The molecule has 0 radical (unpaired) electrons. The summed E-state index contributed by atoms with van der Waals surface area (Å²) in [6, 6.07) is -1.59. The van der Waals surface area contributed by atoms with Crippen LogP contribution in [-0.2, 0) is 9.53 Å². The van der Waals surface area contributed by atoms with E-state index in [2.05, 4.69) is 27.5 Å². The Hall–Kier alpha value is -3.15. The molecule has 0 saturated carbocycles. The van der Waals surface area contributed by atoms with E-state index in [9.17, 15) is 19.5 Å². The molecule has 2 atom stereocenters. The van der Waals surface area contributed by atoms with E-state index in [-0.39, 0.29) is 23.2 Å². The third-order valence-electron chi connectivity index (χ3n) is 5.28. The second-order valence-corrected chi connectivity index (χ2v) is 10.4. The summed E-state index contributed by atoms with van der Waals surface area (Å²) >= 11 is 1.11. The van der Waals surface area contributed by atoms with E-state index in [0.717, 1.165) is 11.3 Å². The average molecular weight is 511 g/mol. The number of nitrogens with one attached hydrogen (secondary N) is 4. The first-order chi connectivity index (χ1) is 16.1. The van der Waals surface area contributed by atoms with Crippen LogP contribution in [0.25, 0.3) is 0 Å². The topological polar surface area (TPSA) is 180 Å². The van der Waals surface area contributed by atoms with Crippen molar-refractivity contribution >= 4 is 35.3 Å². The molecule has 2 amide bonds. The van der Waals surface area contributed by atoms with Gasteiger partial charge in [0.15, 0.2) is 5.96 Å². The van der Waals surface area contributed by atoms with Crippen molar-refractivity contribution in [2.45, 2.75) is 78.5 Å². The van der Waals surface area contributed by atoms with Crippen LogP contribution in [0.5, 0.6) is 0 Å². The minimum Gasteiger partial charge on any atom is -0.480 e. The second-order valence-electron chi connectivity index (χ2n) is 9.32. The summed E-state index contributed by atoms with van der Waals surface area (Å²) in [6.45, 7) is 15.1. The Morgan fingerprint density at radius 1 is 1.29 bits per heavy atom. The lowest BCUT2D eigenvalue weighted by Crippen LogP contribution is -2.41. The number of nitrogens with zero attached hydrogens (tertiary/aromatic N) is 1. The van der Waals surface area contributed by atoms with Gasteiger partial charge >= 0.3 is 12.1 Å². The number of alkyl carbamates (subject to hydrolysis) is 1. The van der Waals surface area contributed by atoms with Crippen molar-refractivity contribution in [2.24, 2.45) is 11.7 Å². The van der Waals surface area contributed by atoms with Crippen molar-refractivity contribution < 1.29 is 24.2 Å². The molecule has 1 heterocycles. The van der Waals surface area contributed by atoms with Crippen molar-refractivity contribution in [1.29, 1.82) is 5.41 Å². The number of amides is 2. The smallest absolute Gasteiger partial charge is 0.408 e. The van der Waals surface area contributed by atoms with Crippen LogP contribution < -0.4 is 21.7 Å². The molecular formula is C23H38N6O5S. The Morgan fingerprint density at radius 2 is 1.91 bits per heavy atom. The monoisotopic (exact) mass is 510 g/mol. The number of carbonyl (C=O) groups is 3. The van der Waals surface area contributed by atoms with Gasteiger partial charge in [0.25, 0.3) is 5.91 Å². The highest BCUT2D eigenvalue weighted by Crippen LogP contribution is 2.29. The molecule has 0 unspecified atom stereocenters. The highest BCUT2D eigenvalue weighted by atomic mass is 32.1. The van der Waals surface area contributed by atoms with Gasteiger partial charge in [0.1, 0.15) is 21.5 Å². The van der Waals surface area contributed by atoms with Gasteiger partial charge in [-0.15, -0.1) is 11.3 Å². The van der Waals surface area contributed by atoms with Crippen LogP contribution in [0.1, 0.15) is 80.3 Å². The second kappa shape index (κ2) is 13.1. The number of aryl methyl sites for hydroxylation is 1. The molecule has 0 aromatic carbocycles. The van der Waals surface area contributed by atoms with Crippen LogP contribution >= 0.6 is 11.3 Å². The van der Waals surface area contributed by atoms with Gasteiger partial charge in [-0.25, -0.2) is 14.6 Å². The van der Waals surface area contributed by atoms with E-state index in [1.54, 1.807) is 27.7 Å². The number of ether oxygens (including phenoxy) is 1. The Labute approximate surface area is 210 Å². The summed E-state index contributed by atoms with van der Waals surface area (Å²) in [7, 11) is 0. The summed E-state index contributed by atoms with van der Waals surface area (Å²) in [6.07, 6.45) is 0.505. The third kappa shape index (κ3) is 9.93. The molecule has 12 heteroatoms. The Bertz CT molecular complexity index is 943. The lowest BCUT2D eigenvalue weighted by atomic mass is 10.0. The number of carboxylic acids is 1. The third-order valence-corrected chi connectivity index (χ3v) is 6.55. The van der Waals surface area contributed by atoms with Crippen LogP contribution in [0.15, 0.2) is 12.2 Å². The Kier molecular flexibility index (Phi) is 11.2. The number of thiazole rings is 1. The van der Waals surface area contributed by atoms with Gasteiger partial charge in [-0.3, -0.25) is 10.2 Å². The maximum atomic E-state index is 12.9. The summed E-state index contributed by atoms with van der Waals surface area (Å²) in [5, 5.41) is 25.1. The van der Waals surface area contributed by atoms with Crippen molar-refractivity contribution in [3.05, 3.63) is 27.7 Å². The maximum absolute atomic E-state index is 12.9. The van der Waals surface area contributed by atoms with E-state index in [0.29, 0.717) is 35.7 Å². The van der Waals surface area contributed by atoms with Crippen molar-refractivity contribution in [1.82, 2.24) is 20.9 Å². The molecular weight excluding hydrogens is 472 g/mol. The number of guanidine groups is 1. The molecule has 0 fully saturated rings. The Morgan fingerprint density at radius 3 is 2.43 bits per heavy atom. The number of nitrogens with two attached hydrogens (primary N) is 1. The maximum Gasteiger partial charge on any atom is 0.408 e. The van der Waals surface area contributed by atoms with Gasteiger partial charge in [-0.05, 0) is 58.4 Å². The molecule has 1 aromatic heterocycles. The fraction of sp³-hybridized carbons (Fsp3) is 0.609. The highest BCUT2D eigenvalue weighted by Gasteiger charge is 2.29. The van der Waals surface area contributed by atoms with Crippen molar-refractivity contribution in [3.8, 4) is 0 Å². The lowest BCUT2D eigenvalue weighted by Gasteiger charge is -2.27. The van der Waals surface area contributed by atoms with Gasteiger partial charge in [0.05, 0.1) is 11.7 Å². The fourth-order valence-corrected chi connectivity index (χ4v) is 4.00. The molecule has 0 saturated heterocycles. The van der Waals surface area contributed by atoms with Crippen LogP contribution in [0.2, 0.25) is 0 Å². The standard InChI is InChI=1S/C23H38N6O5S/c1-12(2)11-16(29-22(33)34-23(6,7)13(3)4)19-27-14(5)17(35-19)18(30)28-15(20(31)32)9-8-10-26-21(24)25/h12,15-16H,3,8-11H2,1-2,4-7H3,(H,28,30)(H,29,33)(H,31,32)(H4,24,25,26)/t15-,16-/m0/s1. The molecule has 11 nitrogen and oxygen atoms in total. The first-order valence-corrected chi connectivity index (χ1v) is 12.2. The molecule has 0 aliphatic rings. The molecule has 0 aliphatic carbocycles. The summed E-state index contributed by atoms with van der Waals surface area (Å²) in [4.78, 5) is 41.8. The summed E-state index contributed by atoms with van der Waals surface area (Å²) < 4.78 is 5.51. The minimum atomic E-state index is -1.16. The Balaban J connectivity index is 2.99. The van der Waals surface area contributed by atoms with Crippen LogP contribution in [-0.4, -0.2) is 52.2 Å². The van der Waals surface area contributed by atoms with Gasteiger partial charge in [0, 0.05) is 6.54 Å². The van der Waals surface area contributed by atoms with Crippen molar-refractivity contribution in [3.63, 3.8) is 0 Å². The normalized spacial score (nSPS) is 13.0. The first kappa shape index (κ1) is 29.9. The molecule has 1 rings (SSSR count). The number of carbonyl (C=O) groups excluding carboxylic acids is 2. The summed E-state index contributed by atoms with van der Waals surface area (Å²) in [5.74, 6) is -1.69. The van der Waals surface area contributed by atoms with Gasteiger partial charge in [-0.2, -0.15) is 0 Å². The average Bonchev–Trinajstić information content (AvgIpc) is 3.10. The minimum absolute atomic E-state index is 0.161. The van der Waals surface area contributed by atoms with Crippen LogP contribution in [0.4, 0.5) is 4.79 Å². The zero-order valence-electron chi connectivity index (χ0n) is 21.3. The molecule has 1 aromatic rings. The molecule has 35 heavy (non-hydrogen) atoms. The zero-order valence-corrected chi connectivity index (χ0v) is 22.1. The SMILES string of the molecule is C=C(C)C(C)(C)OC(=O)N[C@@H](CC(C)C)c1nc(C)c(C(=O)N[C@@H](CCCNC(=N)N)C(=O)O)s1. The number of aliphatic carboxylic acids is 1. The number of carboxylic acid groups (broad SMARTS) is 1. The number of hydrogen-bond donors (Lipinski definition) is 6. The van der Waals surface area contributed by atoms with Crippen LogP contribution in [0.3, 0.4) is 0 Å². The molecule has 0 spiro atoms. The number of hydrogen-bond acceptors (Lipinski definition) is 7. The van der Waals surface area contributed by atoms with Gasteiger partial charge in [-0.1, -0.05) is 20.4 Å². The molecule has 0 bridgehead atoms. The van der Waals surface area contributed by atoms with E-state index >= 15 is 0 Å². The van der Waals surface area contributed by atoms with Gasteiger partial charge < -0.3 is 31.5 Å². The van der Waals surface area contributed by atoms with E-state index in [4.69, 9.17) is 15.9 Å². The highest BCUT2D eigenvalue weighted by molar-refractivity contribution is 7.13. The van der Waals surface area contributed by atoms with Crippen molar-refractivity contribution in [2.75, 3.05) is 6.54 Å².